The number of aromatic nitrogens is 2. The van der Waals surface area contributed by atoms with Crippen LogP contribution >= 0.6 is 11.6 Å². The predicted octanol–water partition coefficient (Wildman–Crippen LogP) is 2.35. The first-order valence-corrected chi connectivity index (χ1v) is 5.34. The van der Waals surface area contributed by atoms with E-state index in [1.54, 1.807) is 12.4 Å². The van der Waals surface area contributed by atoms with Crippen LogP contribution in [-0.4, -0.2) is 9.97 Å². The molecule has 0 unspecified atom stereocenters. The molecule has 0 fully saturated rings. The average molecular weight is 245 g/mol. The van der Waals surface area contributed by atoms with E-state index >= 15 is 0 Å². The molecule has 17 heavy (non-hydrogen) atoms. The van der Waals surface area contributed by atoms with Gasteiger partial charge < -0.3 is 5.32 Å². The minimum absolute atomic E-state index is 0.134. The topological polar surface area (TPSA) is 61.6 Å². The van der Waals surface area contributed by atoms with Crippen molar-refractivity contribution >= 4 is 17.2 Å². The maximum atomic E-state index is 9.24. The van der Waals surface area contributed by atoms with Crippen LogP contribution in [0.25, 0.3) is 5.57 Å². The quantitative estimate of drug-likeness (QED) is 0.609. The monoisotopic (exact) mass is 244 g/mol. The van der Waals surface area contributed by atoms with Gasteiger partial charge >= 0.3 is 0 Å². The van der Waals surface area contributed by atoms with Crippen molar-refractivity contribution in [2.75, 3.05) is 0 Å². The van der Waals surface area contributed by atoms with Crippen LogP contribution in [0.4, 0.5) is 0 Å². The van der Waals surface area contributed by atoms with E-state index < -0.39 is 0 Å². The van der Waals surface area contributed by atoms with Gasteiger partial charge in [0.2, 0.25) is 5.28 Å². The number of hydrogen-bond donors (Lipinski definition) is 1. The first-order valence-electron chi connectivity index (χ1n) is 4.96. The maximum absolute atomic E-state index is 9.24. The molecule has 1 aliphatic heterocycles. The Labute approximate surface area is 104 Å². The Morgan fingerprint density at radius 3 is 2.94 bits per heavy atom. The van der Waals surface area contributed by atoms with Gasteiger partial charge in [0.1, 0.15) is 11.6 Å². The van der Waals surface area contributed by atoms with Crippen molar-refractivity contribution < 1.29 is 0 Å². The van der Waals surface area contributed by atoms with Gasteiger partial charge in [0.25, 0.3) is 0 Å². The molecule has 1 aromatic heterocycles. The van der Waals surface area contributed by atoms with Crippen molar-refractivity contribution in [3.05, 3.63) is 52.9 Å². The Morgan fingerprint density at radius 1 is 1.47 bits per heavy atom. The van der Waals surface area contributed by atoms with Crippen LogP contribution in [0.3, 0.4) is 0 Å². The van der Waals surface area contributed by atoms with E-state index in [1.165, 1.54) is 0 Å². The van der Waals surface area contributed by atoms with E-state index in [-0.39, 0.29) is 5.28 Å². The number of dihydropyridines is 1. The van der Waals surface area contributed by atoms with Crippen molar-refractivity contribution in [2.24, 2.45) is 0 Å². The zero-order valence-electron chi connectivity index (χ0n) is 9.11. The normalized spacial score (nSPS) is 16.3. The van der Waals surface area contributed by atoms with Crippen molar-refractivity contribution in [1.29, 1.82) is 5.26 Å². The molecule has 1 N–H and O–H groups in total. The molecule has 0 amide bonds. The molecule has 0 atom stereocenters. The summed E-state index contributed by atoms with van der Waals surface area (Å²) >= 11 is 5.75. The average Bonchev–Trinajstić information content (AvgIpc) is 2.36. The second-order valence-electron chi connectivity index (χ2n) is 3.43. The van der Waals surface area contributed by atoms with E-state index in [0.717, 1.165) is 5.56 Å². The van der Waals surface area contributed by atoms with Crippen molar-refractivity contribution in [3.63, 3.8) is 0 Å². The van der Waals surface area contributed by atoms with Gasteiger partial charge in [0.05, 0.1) is 11.4 Å². The number of halogens is 1. The maximum Gasteiger partial charge on any atom is 0.222 e. The molecule has 0 saturated carbocycles. The molecule has 0 radical (unpaired) electrons. The SMILES string of the molecule is Cc1cnc(Cl)nc1/C(C#N)=C1/C=CC=CN1. The van der Waals surface area contributed by atoms with Crippen LogP contribution in [0.15, 0.2) is 36.3 Å². The Morgan fingerprint density at radius 2 is 2.29 bits per heavy atom. The highest BCUT2D eigenvalue weighted by molar-refractivity contribution is 6.28. The molecule has 1 aliphatic rings. The Bertz CT molecular complexity index is 579. The van der Waals surface area contributed by atoms with Crippen molar-refractivity contribution in [2.45, 2.75) is 6.92 Å². The molecule has 84 valence electrons. The van der Waals surface area contributed by atoms with E-state index in [4.69, 9.17) is 11.6 Å². The molecular formula is C12H9ClN4. The Kier molecular flexibility index (Phi) is 3.22. The number of hydrogen-bond acceptors (Lipinski definition) is 4. The van der Waals surface area contributed by atoms with Crippen molar-refractivity contribution in [3.8, 4) is 6.07 Å². The van der Waals surface area contributed by atoms with Crippen LogP contribution in [0.1, 0.15) is 11.3 Å². The van der Waals surface area contributed by atoms with Gasteiger partial charge in [-0.05, 0) is 36.2 Å². The summed E-state index contributed by atoms with van der Waals surface area (Å²) < 4.78 is 0. The molecule has 0 spiro atoms. The summed E-state index contributed by atoms with van der Waals surface area (Å²) in [7, 11) is 0. The summed E-state index contributed by atoms with van der Waals surface area (Å²) in [6.07, 6.45) is 8.86. The van der Waals surface area contributed by atoms with Gasteiger partial charge in [0.15, 0.2) is 0 Å². The zero-order chi connectivity index (χ0) is 12.3. The number of rotatable bonds is 1. The largest absolute Gasteiger partial charge is 0.361 e. The first kappa shape index (κ1) is 11.4. The number of nitrogens with zero attached hydrogens (tertiary/aromatic N) is 3. The summed E-state index contributed by atoms with van der Waals surface area (Å²) in [6.45, 7) is 1.84. The highest BCUT2D eigenvalue weighted by Crippen LogP contribution is 2.21. The number of nitrogens with one attached hydrogen (secondary N) is 1. The number of nitriles is 1. The second-order valence-corrected chi connectivity index (χ2v) is 3.77. The lowest BCUT2D eigenvalue weighted by molar-refractivity contribution is 1.07. The Balaban J connectivity index is 2.57. The summed E-state index contributed by atoms with van der Waals surface area (Å²) in [5.41, 5.74) is 2.51. The van der Waals surface area contributed by atoms with Crippen LogP contribution in [0.2, 0.25) is 5.28 Å². The fourth-order valence-corrected chi connectivity index (χ4v) is 1.60. The van der Waals surface area contributed by atoms with Gasteiger partial charge in [-0.3, -0.25) is 0 Å². The third-order valence-electron chi connectivity index (χ3n) is 2.27. The lowest BCUT2D eigenvalue weighted by Crippen LogP contribution is -2.09. The van der Waals surface area contributed by atoms with E-state index in [9.17, 15) is 5.26 Å². The predicted molar refractivity (Wildman–Crippen MR) is 65.7 cm³/mol. The summed E-state index contributed by atoms with van der Waals surface area (Å²) in [5.74, 6) is 0. The van der Waals surface area contributed by atoms with Gasteiger partial charge in [-0.1, -0.05) is 6.08 Å². The molecule has 2 heterocycles. The molecule has 1 aromatic rings. The lowest BCUT2D eigenvalue weighted by Gasteiger charge is -2.10. The molecule has 2 rings (SSSR count). The third kappa shape index (κ3) is 2.35. The smallest absolute Gasteiger partial charge is 0.222 e. The van der Waals surface area contributed by atoms with Crippen molar-refractivity contribution in [1.82, 2.24) is 15.3 Å². The van der Waals surface area contributed by atoms with Gasteiger partial charge in [-0.2, -0.15) is 5.26 Å². The summed E-state index contributed by atoms with van der Waals surface area (Å²) in [4.78, 5) is 7.97. The highest BCUT2D eigenvalue weighted by Gasteiger charge is 2.12. The Hall–Kier alpha value is -2.12. The number of aryl methyl sites for hydroxylation is 1. The first-order chi connectivity index (χ1) is 8.22. The molecule has 5 heteroatoms. The second kappa shape index (κ2) is 4.81. The molecule has 0 saturated heterocycles. The van der Waals surface area contributed by atoms with Crippen LogP contribution < -0.4 is 5.32 Å². The minimum atomic E-state index is 0.134. The minimum Gasteiger partial charge on any atom is -0.361 e. The lowest BCUT2D eigenvalue weighted by atomic mass is 10.1. The molecule has 0 aliphatic carbocycles. The van der Waals surface area contributed by atoms with Gasteiger partial charge in [0, 0.05) is 12.4 Å². The zero-order valence-corrected chi connectivity index (χ0v) is 9.86. The fraction of sp³-hybridized carbons (Fsp3) is 0.0833. The molecule has 4 nitrogen and oxygen atoms in total. The molecular weight excluding hydrogens is 236 g/mol. The van der Waals surface area contributed by atoms with Crippen LogP contribution in [-0.2, 0) is 0 Å². The molecule has 0 bridgehead atoms. The fourth-order valence-electron chi connectivity index (χ4n) is 1.46. The summed E-state index contributed by atoms with van der Waals surface area (Å²) in [6, 6.07) is 2.14. The third-order valence-corrected chi connectivity index (χ3v) is 2.45. The standard InChI is InChI=1S/C12H9ClN4/c1-8-7-16-12(13)17-11(8)9(6-14)10-4-2-3-5-15-10/h2-5,7,15H,1H3/b10-9-. The van der Waals surface area contributed by atoms with E-state index in [0.29, 0.717) is 17.0 Å². The van der Waals surface area contributed by atoms with E-state index in [1.807, 2.05) is 25.2 Å². The number of allylic oxidation sites excluding steroid dienone is 4. The van der Waals surface area contributed by atoms with Gasteiger partial charge in [-0.25, -0.2) is 9.97 Å². The van der Waals surface area contributed by atoms with Gasteiger partial charge in [-0.15, -0.1) is 0 Å². The molecule has 0 aromatic carbocycles. The van der Waals surface area contributed by atoms with Crippen LogP contribution in [0.5, 0.6) is 0 Å². The summed E-state index contributed by atoms with van der Waals surface area (Å²) in [5, 5.41) is 12.4. The van der Waals surface area contributed by atoms with E-state index in [2.05, 4.69) is 21.4 Å². The van der Waals surface area contributed by atoms with Crippen LogP contribution in [0, 0.1) is 18.3 Å². The highest BCUT2D eigenvalue weighted by atomic mass is 35.5.